The van der Waals surface area contributed by atoms with E-state index in [4.69, 9.17) is 4.98 Å². The lowest BCUT2D eigenvalue weighted by Gasteiger charge is -2.10. The standard InChI is InChI=1S/C20H23N5O3/c1-4-5-10-19-23-17-11-16(22-14(3)26)13(2)21-20(17)24(19)12-15-8-6-7-9-18(15)25(27)28/h6-9,11H,4-5,10,12H2,1-3H3,(H,22,26). The predicted octanol–water partition coefficient (Wildman–Crippen LogP) is 4.00. The number of nitrogens with one attached hydrogen (secondary N) is 1. The first kappa shape index (κ1) is 19.5. The molecule has 8 heteroatoms. The molecule has 2 heterocycles. The van der Waals surface area contributed by atoms with Crippen molar-refractivity contribution in [3.63, 3.8) is 0 Å². The lowest BCUT2D eigenvalue weighted by Crippen LogP contribution is -2.10. The fraction of sp³-hybridized carbons (Fsp3) is 0.350. The maximum Gasteiger partial charge on any atom is 0.274 e. The Morgan fingerprint density at radius 2 is 2.04 bits per heavy atom. The molecule has 0 saturated heterocycles. The molecule has 0 bridgehead atoms. The summed E-state index contributed by atoms with van der Waals surface area (Å²) in [4.78, 5) is 31.8. The summed E-state index contributed by atoms with van der Waals surface area (Å²) in [5, 5.41) is 14.2. The summed E-state index contributed by atoms with van der Waals surface area (Å²) >= 11 is 0. The van der Waals surface area contributed by atoms with E-state index in [1.54, 1.807) is 18.2 Å². The van der Waals surface area contributed by atoms with Gasteiger partial charge in [0.25, 0.3) is 5.69 Å². The number of nitro groups is 1. The Kier molecular flexibility index (Phi) is 5.67. The van der Waals surface area contributed by atoms with Crippen LogP contribution in [0.4, 0.5) is 11.4 Å². The van der Waals surface area contributed by atoms with E-state index in [2.05, 4.69) is 17.2 Å². The number of aromatic nitrogens is 3. The average molecular weight is 381 g/mol. The number of hydrogen-bond acceptors (Lipinski definition) is 5. The number of aryl methyl sites for hydroxylation is 2. The molecule has 0 unspecified atom stereocenters. The van der Waals surface area contributed by atoms with Gasteiger partial charge in [-0.15, -0.1) is 0 Å². The van der Waals surface area contributed by atoms with Crippen LogP contribution in [0, 0.1) is 17.0 Å². The van der Waals surface area contributed by atoms with E-state index in [-0.39, 0.29) is 16.5 Å². The zero-order chi connectivity index (χ0) is 20.3. The Balaban J connectivity index is 2.12. The van der Waals surface area contributed by atoms with Crippen molar-refractivity contribution in [3.05, 3.63) is 57.5 Å². The minimum atomic E-state index is -0.367. The Labute approximate surface area is 162 Å². The van der Waals surface area contributed by atoms with E-state index in [1.807, 2.05) is 17.6 Å². The van der Waals surface area contributed by atoms with Gasteiger partial charge >= 0.3 is 0 Å². The molecule has 0 aliphatic heterocycles. The van der Waals surface area contributed by atoms with Crippen LogP contribution < -0.4 is 5.32 Å². The summed E-state index contributed by atoms with van der Waals surface area (Å²) in [6.45, 7) is 5.69. The van der Waals surface area contributed by atoms with Gasteiger partial charge in [-0.2, -0.15) is 0 Å². The summed E-state index contributed by atoms with van der Waals surface area (Å²) < 4.78 is 1.94. The number of rotatable bonds is 7. The normalized spacial score (nSPS) is 11.0. The van der Waals surface area contributed by atoms with Crippen molar-refractivity contribution < 1.29 is 9.72 Å². The molecule has 3 rings (SSSR count). The van der Waals surface area contributed by atoms with Crippen molar-refractivity contribution in [2.75, 3.05) is 5.32 Å². The van der Waals surface area contributed by atoms with Crippen LogP contribution in [0.3, 0.4) is 0 Å². The van der Waals surface area contributed by atoms with Gasteiger partial charge in [0.05, 0.1) is 22.8 Å². The largest absolute Gasteiger partial charge is 0.325 e. The highest BCUT2D eigenvalue weighted by Crippen LogP contribution is 2.26. The number of benzene rings is 1. The highest BCUT2D eigenvalue weighted by Gasteiger charge is 2.19. The molecule has 1 amide bonds. The Hall–Kier alpha value is -3.29. The molecule has 0 saturated carbocycles. The first-order valence-corrected chi connectivity index (χ1v) is 9.27. The number of fused-ring (bicyclic) bond motifs is 1. The SMILES string of the molecule is CCCCc1nc2cc(NC(C)=O)c(C)nc2n1Cc1ccccc1[N+](=O)[O-]. The lowest BCUT2D eigenvalue weighted by atomic mass is 10.1. The molecule has 8 nitrogen and oxygen atoms in total. The highest BCUT2D eigenvalue weighted by atomic mass is 16.6. The lowest BCUT2D eigenvalue weighted by molar-refractivity contribution is -0.385. The molecule has 0 atom stereocenters. The molecule has 0 aliphatic rings. The van der Waals surface area contributed by atoms with Crippen molar-refractivity contribution in [2.45, 2.75) is 46.6 Å². The fourth-order valence-corrected chi connectivity index (χ4v) is 3.19. The number of nitrogens with zero attached hydrogens (tertiary/aromatic N) is 4. The maximum absolute atomic E-state index is 11.4. The number of anilines is 1. The quantitative estimate of drug-likeness (QED) is 0.492. The molecule has 146 valence electrons. The van der Waals surface area contributed by atoms with Gasteiger partial charge in [0, 0.05) is 25.0 Å². The molecule has 0 aliphatic carbocycles. The molecule has 0 spiro atoms. The predicted molar refractivity (Wildman–Crippen MR) is 107 cm³/mol. The van der Waals surface area contributed by atoms with E-state index in [0.29, 0.717) is 34.7 Å². The van der Waals surface area contributed by atoms with Crippen molar-refractivity contribution >= 4 is 28.4 Å². The number of imidazole rings is 1. The maximum atomic E-state index is 11.4. The number of pyridine rings is 1. The highest BCUT2D eigenvalue weighted by molar-refractivity contribution is 5.91. The molecule has 0 fully saturated rings. The topological polar surface area (TPSA) is 103 Å². The summed E-state index contributed by atoms with van der Waals surface area (Å²) in [6, 6.07) is 8.53. The zero-order valence-electron chi connectivity index (χ0n) is 16.2. The van der Waals surface area contributed by atoms with Crippen molar-refractivity contribution in [1.29, 1.82) is 0 Å². The second-order valence-corrected chi connectivity index (χ2v) is 6.75. The first-order valence-electron chi connectivity index (χ1n) is 9.27. The van der Waals surface area contributed by atoms with E-state index in [1.165, 1.54) is 13.0 Å². The number of amides is 1. The van der Waals surface area contributed by atoms with Crippen LogP contribution in [0.15, 0.2) is 30.3 Å². The van der Waals surface area contributed by atoms with Crippen LogP contribution in [0.1, 0.15) is 43.8 Å². The van der Waals surface area contributed by atoms with Crippen LogP contribution in [-0.4, -0.2) is 25.4 Å². The van der Waals surface area contributed by atoms with Gasteiger partial charge < -0.3 is 9.88 Å². The second-order valence-electron chi connectivity index (χ2n) is 6.75. The van der Waals surface area contributed by atoms with E-state index >= 15 is 0 Å². The van der Waals surface area contributed by atoms with Gasteiger partial charge in [-0.25, -0.2) is 9.97 Å². The Bertz CT molecular complexity index is 1040. The summed E-state index contributed by atoms with van der Waals surface area (Å²) in [6.07, 6.45) is 2.72. The van der Waals surface area contributed by atoms with Gasteiger partial charge in [-0.1, -0.05) is 31.5 Å². The number of carbonyl (C=O) groups excluding carboxylic acids is 1. The molecule has 2 aromatic heterocycles. The van der Waals surface area contributed by atoms with E-state index in [0.717, 1.165) is 25.1 Å². The van der Waals surface area contributed by atoms with Crippen molar-refractivity contribution in [2.24, 2.45) is 0 Å². The van der Waals surface area contributed by atoms with Crippen LogP contribution >= 0.6 is 0 Å². The second kappa shape index (κ2) is 8.16. The third kappa shape index (κ3) is 4.00. The van der Waals surface area contributed by atoms with Crippen LogP contribution in [0.5, 0.6) is 0 Å². The average Bonchev–Trinajstić information content (AvgIpc) is 2.96. The minimum absolute atomic E-state index is 0.0809. The molecular weight excluding hydrogens is 358 g/mol. The van der Waals surface area contributed by atoms with Gasteiger partial charge in [0.2, 0.25) is 5.91 Å². The summed E-state index contributed by atoms with van der Waals surface area (Å²) in [7, 11) is 0. The third-order valence-electron chi connectivity index (χ3n) is 4.57. The van der Waals surface area contributed by atoms with Crippen LogP contribution in [0.2, 0.25) is 0 Å². The molecule has 1 aromatic carbocycles. The van der Waals surface area contributed by atoms with E-state index < -0.39 is 0 Å². The van der Waals surface area contributed by atoms with Gasteiger partial charge in [-0.3, -0.25) is 14.9 Å². The smallest absolute Gasteiger partial charge is 0.274 e. The minimum Gasteiger partial charge on any atom is -0.325 e. The Morgan fingerprint density at radius 1 is 1.29 bits per heavy atom. The van der Waals surface area contributed by atoms with Crippen molar-refractivity contribution in [1.82, 2.24) is 14.5 Å². The summed E-state index contributed by atoms with van der Waals surface area (Å²) in [5.41, 5.74) is 3.31. The molecule has 1 N–H and O–H groups in total. The monoisotopic (exact) mass is 381 g/mol. The zero-order valence-corrected chi connectivity index (χ0v) is 16.2. The van der Waals surface area contributed by atoms with Gasteiger partial charge in [0.1, 0.15) is 11.3 Å². The molecule has 3 aromatic rings. The summed E-state index contributed by atoms with van der Waals surface area (Å²) in [5.74, 6) is 0.664. The van der Waals surface area contributed by atoms with Gasteiger partial charge in [0.15, 0.2) is 5.65 Å². The van der Waals surface area contributed by atoms with Crippen LogP contribution in [-0.2, 0) is 17.8 Å². The van der Waals surface area contributed by atoms with E-state index in [9.17, 15) is 14.9 Å². The number of hydrogen-bond donors (Lipinski definition) is 1. The van der Waals surface area contributed by atoms with Gasteiger partial charge in [-0.05, 0) is 19.4 Å². The number of unbranched alkanes of at least 4 members (excludes halogenated alkanes) is 1. The number of carbonyl (C=O) groups is 1. The molecular formula is C20H23N5O3. The molecule has 0 radical (unpaired) electrons. The van der Waals surface area contributed by atoms with Crippen LogP contribution in [0.25, 0.3) is 11.2 Å². The first-order chi connectivity index (χ1) is 13.4. The third-order valence-corrected chi connectivity index (χ3v) is 4.57. The number of para-hydroxylation sites is 1. The number of nitro benzene ring substituents is 1. The van der Waals surface area contributed by atoms with Crippen molar-refractivity contribution in [3.8, 4) is 0 Å². The molecule has 28 heavy (non-hydrogen) atoms. The fourth-order valence-electron chi connectivity index (χ4n) is 3.19. The Morgan fingerprint density at radius 3 is 2.71 bits per heavy atom.